The lowest BCUT2D eigenvalue weighted by atomic mass is 9.88. The van der Waals surface area contributed by atoms with Gasteiger partial charge in [-0.05, 0) is 66.8 Å². The quantitative estimate of drug-likeness (QED) is 0.300. The van der Waals surface area contributed by atoms with Crippen molar-refractivity contribution >= 4 is 17.4 Å². The molecule has 0 spiro atoms. The number of ether oxygens (including phenoxy) is 1. The SMILES string of the molecule is CCc1ccc(C2/C(=C(/O)c3ccc4c(c3)CCCC4)C(=O)C(=O)N2CCCOC)cc1. The molecule has 1 amide bonds. The molecule has 5 nitrogen and oxygen atoms in total. The molecule has 0 saturated carbocycles. The maximum absolute atomic E-state index is 13.1. The molecule has 1 unspecified atom stereocenters. The van der Waals surface area contributed by atoms with E-state index in [1.165, 1.54) is 23.1 Å². The summed E-state index contributed by atoms with van der Waals surface area (Å²) in [4.78, 5) is 27.7. The lowest BCUT2D eigenvalue weighted by Gasteiger charge is -2.25. The number of benzene rings is 2. The normalized spacial score (nSPS) is 19.9. The number of fused-ring (bicyclic) bond motifs is 1. The van der Waals surface area contributed by atoms with E-state index in [1.54, 1.807) is 12.0 Å². The summed E-state index contributed by atoms with van der Waals surface area (Å²) in [7, 11) is 1.62. The Kier molecular flexibility index (Phi) is 6.75. The maximum atomic E-state index is 13.1. The predicted octanol–water partition coefficient (Wildman–Crippen LogP) is 4.59. The predicted molar refractivity (Wildman–Crippen MR) is 124 cm³/mol. The van der Waals surface area contributed by atoms with E-state index < -0.39 is 17.7 Å². The van der Waals surface area contributed by atoms with E-state index in [2.05, 4.69) is 6.92 Å². The molecule has 0 aromatic heterocycles. The number of aliphatic hydroxyl groups is 1. The van der Waals surface area contributed by atoms with Gasteiger partial charge in [-0.15, -0.1) is 0 Å². The summed E-state index contributed by atoms with van der Waals surface area (Å²) in [5, 5.41) is 11.3. The highest BCUT2D eigenvalue weighted by Gasteiger charge is 2.45. The first-order valence-electron chi connectivity index (χ1n) is 11.5. The van der Waals surface area contributed by atoms with Crippen LogP contribution in [-0.4, -0.2) is 42.0 Å². The molecule has 1 fully saturated rings. The van der Waals surface area contributed by atoms with E-state index in [0.717, 1.165) is 31.2 Å². The molecule has 32 heavy (non-hydrogen) atoms. The molecule has 1 aliphatic carbocycles. The first kappa shape index (κ1) is 22.3. The van der Waals surface area contributed by atoms with E-state index in [4.69, 9.17) is 4.74 Å². The lowest BCUT2D eigenvalue weighted by Crippen LogP contribution is -2.31. The molecule has 2 aromatic carbocycles. The number of likely N-dealkylation sites (tertiary alicyclic amines) is 1. The van der Waals surface area contributed by atoms with Crippen LogP contribution < -0.4 is 0 Å². The first-order chi connectivity index (χ1) is 15.5. The largest absolute Gasteiger partial charge is 0.507 e. The Bertz CT molecular complexity index is 1040. The molecule has 2 aromatic rings. The number of rotatable bonds is 7. The van der Waals surface area contributed by atoms with Gasteiger partial charge in [-0.3, -0.25) is 9.59 Å². The molecule has 168 valence electrons. The molecule has 0 bridgehead atoms. The third kappa shape index (κ3) is 4.22. The molecule has 1 N–H and O–H groups in total. The van der Waals surface area contributed by atoms with Crippen molar-refractivity contribution < 1.29 is 19.4 Å². The number of ketones is 1. The Balaban J connectivity index is 1.79. The second-order valence-corrected chi connectivity index (χ2v) is 8.62. The van der Waals surface area contributed by atoms with E-state index in [-0.39, 0.29) is 11.3 Å². The van der Waals surface area contributed by atoms with Crippen LogP contribution in [0, 0.1) is 0 Å². The number of carbonyl (C=O) groups is 2. The molecule has 4 rings (SSSR count). The fourth-order valence-corrected chi connectivity index (χ4v) is 4.81. The van der Waals surface area contributed by atoms with Crippen LogP contribution in [0.4, 0.5) is 0 Å². The Morgan fingerprint density at radius 1 is 1.06 bits per heavy atom. The monoisotopic (exact) mass is 433 g/mol. The zero-order valence-corrected chi connectivity index (χ0v) is 18.9. The van der Waals surface area contributed by atoms with Gasteiger partial charge in [0, 0.05) is 25.8 Å². The molecule has 1 atom stereocenters. The molecule has 1 saturated heterocycles. The van der Waals surface area contributed by atoms with Crippen LogP contribution in [0.5, 0.6) is 0 Å². The van der Waals surface area contributed by atoms with Crippen LogP contribution in [0.3, 0.4) is 0 Å². The maximum Gasteiger partial charge on any atom is 0.295 e. The topological polar surface area (TPSA) is 66.8 Å². The van der Waals surface area contributed by atoms with Crippen molar-refractivity contribution in [2.24, 2.45) is 0 Å². The van der Waals surface area contributed by atoms with Crippen molar-refractivity contribution in [2.75, 3.05) is 20.3 Å². The minimum atomic E-state index is -0.623. The van der Waals surface area contributed by atoms with Gasteiger partial charge in [0.2, 0.25) is 0 Å². The zero-order valence-electron chi connectivity index (χ0n) is 18.9. The number of Topliss-reactive ketones (excluding diaryl/α,β-unsaturated/α-hetero) is 1. The van der Waals surface area contributed by atoms with Crippen LogP contribution in [0.1, 0.15) is 60.0 Å². The summed E-state index contributed by atoms with van der Waals surface area (Å²) in [5.41, 5.74) is 5.32. The Morgan fingerprint density at radius 2 is 1.78 bits per heavy atom. The number of hydrogen-bond acceptors (Lipinski definition) is 4. The number of amides is 1. The molecule has 1 heterocycles. The van der Waals surface area contributed by atoms with Gasteiger partial charge in [0.15, 0.2) is 0 Å². The Morgan fingerprint density at radius 3 is 2.47 bits per heavy atom. The van der Waals surface area contributed by atoms with E-state index >= 15 is 0 Å². The summed E-state index contributed by atoms with van der Waals surface area (Å²) in [6.07, 6.45) is 5.85. The van der Waals surface area contributed by atoms with Crippen molar-refractivity contribution in [1.29, 1.82) is 0 Å². The van der Waals surface area contributed by atoms with Crippen molar-refractivity contribution in [3.05, 3.63) is 75.9 Å². The lowest BCUT2D eigenvalue weighted by molar-refractivity contribution is -0.140. The molecule has 2 aliphatic rings. The molecule has 5 heteroatoms. The second-order valence-electron chi connectivity index (χ2n) is 8.62. The van der Waals surface area contributed by atoms with Crippen LogP contribution in [0.15, 0.2) is 48.0 Å². The number of aryl methyl sites for hydroxylation is 3. The van der Waals surface area contributed by atoms with Gasteiger partial charge in [0.1, 0.15) is 5.76 Å². The molecular formula is C27H31NO4. The standard InChI is InChI=1S/C27H31NO4/c1-3-18-9-11-20(12-10-18)24-23(26(30)27(31)28(24)15-6-16-32-2)25(29)22-14-13-19-7-4-5-8-21(19)17-22/h9-14,17,24,29H,3-8,15-16H2,1-2H3/b25-23-. The molecular weight excluding hydrogens is 402 g/mol. The highest BCUT2D eigenvalue weighted by molar-refractivity contribution is 6.46. The highest BCUT2D eigenvalue weighted by atomic mass is 16.5. The second kappa shape index (κ2) is 9.70. The number of hydrogen-bond donors (Lipinski definition) is 1. The third-order valence-electron chi connectivity index (χ3n) is 6.61. The van der Waals surface area contributed by atoms with Crippen LogP contribution >= 0.6 is 0 Å². The fourth-order valence-electron chi connectivity index (χ4n) is 4.81. The highest BCUT2D eigenvalue weighted by Crippen LogP contribution is 2.40. The average Bonchev–Trinajstić information content (AvgIpc) is 3.08. The van der Waals surface area contributed by atoms with Gasteiger partial charge in [0.05, 0.1) is 11.6 Å². The average molecular weight is 434 g/mol. The van der Waals surface area contributed by atoms with Crippen molar-refractivity contribution in [3.8, 4) is 0 Å². The van der Waals surface area contributed by atoms with E-state index in [9.17, 15) is 14.7 Å². The van der Waals surface area contributed by atoms with Crippen LogP contribution in [-0.2, 0) is 33.6 Å². The van der Waals surface area contributed by atoms with Crippen molar-refractivity contribution in [2.45, 2.75) is 51.5 Å². The number of aliphatic hydroxyl groups excluding tert-OH is 1. The van der Waals surface area contributed by atoms with E-state index in [0.29, 0.717) is 25.1 Å². The fraction of sp³-hybridized carbons (Fsp3) is 0.407. The number of carbonyl (C=O) groups excluding carboxylic acids is 2. The summed E-state index contributed by atoms with van der Waals surface area (Å²) in [5.74, 6) is -1.28. The van der Waals surface area contributed by atoms with Crippen molar-refractivity contribution in [3.63, 3.8) is 0 Å². The zero-order chi connectivity index (χ0) is 22.7. The van der Waals surface area contributed by atoms with Gasteiger partial charge >= 0.3 is 0 Å². The summed E-state index contributed by atoms with van der Waals surface area (Å²) in [6.45, 7) is 2.97. The van der Waals surface area contributed by atoms with Gasteiger partial charge in [0.25, 0.3) is 11.7 Å². The minimum absolute atomic E-state index is 0.0875. The molecule has 0 radical (unpaired) electrons. The van der Waals surface area contributed by atoms with Gasteiger partial charge < -0.3 is 14.7 Å². The van der Waals surface area contributed by atoms with Gasteiger partial charge in [-0.25, -0.2) is 0 Å². The molecule has 1 aliphatic heterocycles. The van der Waals surface area contributed by atoms with Gasteiger partial charge in [-0.2, -0.15) is 0 Å². The summed E-state index contributed by atoms with van der Waals surface area (Å²) >= 11 is 0. The van der Waals surface area contributed by atoms with Crippen LogP contribution in [0.25, 0.3) is 5.76 Å². The van der Waals surface area contributed by atoms with Gasteiger partial charge in [-0.1, -0.05) is 43.3 Å². The van der Waals surface area contributed by atoms with E-state index in [1.807, 2.05) is 42.5 Å². The smallest absolute Gasteiger partial charge is 0.295 e. The summed E-state index contributed by atoms with van der Waals surface area (Å²) < 4.78 is 5.15. The third-order valence-corrected chi connectivity index (χ3v) is 6.61. The number of nitrogens with zero attached hydrogens (tertiary/aromatic N) is 1. The number of methoxy groups -OCH3 is 1. The Hall–Kier alpha value is -2.92. The minimum Gasteiger partial charge on any atom is -0.507 e. The van der Waals surface area contributed by atoms with Crippen LogP contribution in [0.2, 0.25) is 0 Å². The van der Waals surface area contributed by atoms with Crippen molar-refractivity contribution in [1.82, 2.24) is 4.90 Å². The Labute approximate surface area is 189 Å². The summed E-state index contributed by atoms with van der Waals surface area (Å²) in [6, 6.07) is 13.2. The first-order valence-corrected chi connectivity index (χ1v) is 11.5.